The van der Waals surface area contributed by atoms with Crippen LogP contribution in [0.25, 0.3) is 0 Å². The Labute approximate surface area is 78.3 Å². The van der Waals surface area contributed by atoms with Crippen LogP contribution in [0.3, 0.4) is 0 Å². The van der Waals surface area contributed by atoms with Gasteiger partial charge in [-0.05, 0) is 29.7 Å². The number of tetrazole rings is 1. The summed E-state index contributed by atoms with van der Waals surface area (Å²) in [5.41, 5.74) is 5.67. The van der Waals surface area contributed by atoms with Gasteiger partial charge in [-0.1, -0.05) is 25.9 Å². The summed E-state index contributed by atoms with van der Waals surface area (Å²) in [6, 6.07) is 0. The Morgan fingerprint density at radius 2 is 1.77 bits per heavy atom. The first-order valence-electron chi connectivity index (χ1n) is 4.74. The molecule has 1 aromatic heterocycles. The first kappa shape index (κ1) is 9.95. The van der Waals surface area contributed by atoms with Crippen molar-refractivity contribution in [1.29, 1.82) is 0 Å². The number of hydrogen-bond donors (Lipinski definition) is 1. The fraction of sp³-hybridized carbons (Fsp3) is 0.875. The van der Waals surface area contributed by atoms with Crippen LogP contribution in [0.5, 0.6) is 0 Å². The van der Waals surface area contributed by atoms with E-state index in [0.29, 0.717) is 5.95 Å². The molecule has 0 fully saturated rings. The minimum Gasteiger partial charge on any atom is -0.367 e. The van der Waals surface area contributed by atoms with Crippen LogP contribution in [0.15, 0.2) is 0 Å². The van der Waals surface area contributed by atoms with E-state index in [9.17, 15) is 0 Å². The third-order valence-electron chi connectivity index (χ3n) is 2.92. The molecule has 5 nitrogen and oxygen atoms in total. The molecule has 2 N–H and O–H groups in total. The quantitative estimate of drug-likeness (QED) is 0.761. The van der Waals surface area contributed by atoms with Crippen LogP contribution in [-0.2, 0) is 5.54 Å². The predicted octanol–water partition coefficient (Wildman–Crippen LogP) is 1.18. The van der Waals surface area contributed by atoms with E-state index in [1.165, 1.54) is 0 Å². The van der Waals surface area contributed by atoms with Crippen molar-refractivity contribution in [3.05, 3.63) is 0 Å². The Hall–Kier alpha value is -1.13. The highest BCUT2D eigenvalue weighted by Crippen LogP contribution is 2.29. The lowest BCUT2D eigenvalue weighted by Crippen LogP contribution is -2.33. The van der Waals surface area contributed by atoms with Crippen LogP contribution in [0.1, 0.15) is 40.0 Å². The smallest absolute Gasteiger partial charge is 0.240 e. The van der Waals surface area contributed by atoms with Crippen molar-refractivity contribution >= 4 is 5.95 Å². The van der Waals surface area contributed by atoms with Gasteiger partial charge < -0.3 is 5.73 Å². The molecule has 0 aliphatic carbocycles. The average molecular weight is 183 g/mol. The number of nitrogens with two attached hydrogens (primary N) is 1. The fourth-order valence-electron chi connectivity index (χ4n) is 1.73. The molecule has 0 aliphatic rings. The highest BCUT2D eigenvalue weighted by Gasteiger charge is 2.29. The van der Waals surface area contributed by atoms with Crippen molar-refractivity contribution in [2.24, 2.45) is 0 Å². The topological polar surface area (TPSA) is 69.6 Å². The zero-order chi connectivity index (χ0) is 9.90. The van der Waals surface area contributed by atoms with Crippen molar-refractivity contribution in [2.75, 3.05) is 5.73 Å². The molecule has 0 radical (unpaired) electrons. The van der Waals surface area contributed by atoms with Gasteiger partial charge in [-0.15, -0.1) is 0 Å². The molecule has 5 heteroatoms. The highest BCUT2D eigenvalue weighted by molar-refractivity contribution is 5.13. The van der Waals surface area contributed by atoms with Gasteiger partial charge in [-0.25, -0.2) is 4.68 Å². The van der Waals surface area contributed by atoms with E-state index in [-0.39, 0.29) is 5.54 Å². The maximum Gasteiger partial charge on any atom is 0.240 e. The SMILES string of the molecule is CCC(CC)(CC)n1nnnc1N. The molecule has 1 aromatic rings. The Morgan fingerprint density at radius 3 is 2.08 bits per heavy atom. The van der Waals surface area contributed by atoms with Crippen molar-refractivity contribution in [1.82, 2.24) is 20.2 Å². The van der Waals surface area contributed by atoms with Crippen LogP contribution in [0, 0.1) is 0 Å². The molecule has 0 amide bonds. The average Bonchev–Trinajstić information content (AvgIpc) is 2.57. The Kier molecular flexibility index (Phi) is 2.85. The molecule has 0 spiro atoms. The number of nitrogen functional groups attached to an aromatic ring is 1. The van der Waals surface area contributed by atoms with E-state index < -0.39 is 0 Å². The minimum atomic E-state index is -0.00637. The summed E-state index contributed by atoms with van der Waals surface area (Å²) in [5.74, 6) is 0.408. The summed E-state index contributed by atoms with van der Waals surface area (Å²) >= 11 is 0. The lowest BCUT2D eigenvalue weighted by molar-refractivity contribution is 0.224. The van der Waals surface area contributed by atoms with Crippen LogP contribution in [0.4, 0.5) is 5.95 Å². The van der Waals surface area contributed by atoms with Crippen molar-refractivity contribution in [3.8, 4) is 0 Å². The number of hydrogen-bond acceptors (Lipinski definition) is 4. The predicted molar refractivity (Wildman–Crippen MR) is 51.1 cm³/mol. The van der Waals surface area contributed by atoms with Gasteiger partial charge in [0.15, 0.2) is 0 Å². The monoisotopic (exact) mass is 183 g/mol. The number of aromatic nitrogens is 4. The van der Waals surface area contributed by atoms with E-state index in [0.717, 1.165) is 19.3 Å². The maximum atomic E-state index is 5.68. The molecular weight excluding hydrogens is 166 g/mol. The summed E-state index contributed by atoms with van der Waals surface area (Å²) in [6.07, 6.45) is 2.99. The van der Waals surface area contributed by atoms with Gasteiger partial charge >= 0.3 is 0 Å². The van der Waals surface area contributed by atoms with Gasteiger partial charge in [0.05, 0.1) is 5.54 Å². The van der Waals surface area contributed by atoms with E-state index in [4.69, 9.17) is 5.73 Å². The fourth-order valence-corrected chi connectivity index (χ4v) is 1.73. The Balaban J connectivity index is 3.07. The molecule has 13 heavy (non-hydrogen) atoms. The van der Waals surface area contributed by atoms with Gasteiger partial charge in [0.1, 0.15) is 0 Å². The number of rotatable bonds is 4. The van der Waals surface area contributed by atoms with Crippen LogP contribution in [0.2, 0.25) is 0 Å². The van der Waals surface area contributed by atoms with Gasteiger partial charge in [-0.3, -0.25) is 0 Å². The molecule has 0 aliphatic heterocycles. The highest BCUT2D eigenvalue weighted by atomic mass is 15.6. The third kappa shape index (κ3) is 1.50. The molecule has 0 bridgehead atoms. The summed E-state index contributed by atoms with van der Waals surface area (Å²) in [6.45, 7) is 6.40. The molecule has 0 unspecified atom stereocenters. The molecule has 1 rings (SSSR count). The van der Waals surface area contributed by atoms with Gasteiger partial charge in [0, 0.05) is 0 Å². The lowest BCUT2D eigenvalue weighted by atomic mass is 9.90. The second-order valence-electron chi connectivity index (χ2n) is 3.23. The summed E-state index contributed by atoms with van der Waals surface area (Å²) < 4.78 is 1.74. The largest absolute Gasteiger partial charge is 0.367 e. The van der Waals surface area contributed by atoms with Crippen molar-refractivity contribution in [3.63, 3.8) is 0 Å². The van der Waals surface area contributed by atoms with Gasteiger partial charge in [0.25, 0.3) is 0 Å². The normalized spacial score (nSPS) is 11.9. The van der Waals surface area contributed by atoms with Crippen LogP contribution >= 0.6 is 0 Å². The first-order chi connectivity index (χ1) is 6.20. The number of nitrogens with zero attached hydrogens (tertiary/aromatic N) is 4. The maximum absolute atomic E-state index is 5.68. The van der Waals surface area contributed by atoms with E-state index >= 15 is 0 Å². The minimum absolute atomic E-state index is 0.00637. The van der Waals surface area contributed by atoms with Crippen molar-refractivity contribution in [2.45, 2.75) is 45.6 Å². The molecule has 0 saturated carbocycles. The third-order valence-corrected chi connectivity index (χ3v) is 2.92. The van der Waals surface area contributed by atoms with E-state index in [2.05, 4.69) is 36.3 Å². The van der Waals surface area contributed by atoms with Gasteiger partial charge in [-0.2, -0.15) is 0 Å². The molecule has 1 heterocycles. The second kappa shape index (κ2) is 3.72. The second-order valence-corrected chi connectivity index (χ2v) is 3.23. The van der Waals surface area contributed by atoms with E-state index in [1.807, 2.05) is 0 Å². The summed E-state index contributed by atoms with van der Waals surface area (Å²) in [5, 5.41) is 11.2. The summed E-state index contributed by atoms with van der Waals surface area (Å²) in [7, 11) is 0. The zero-order valence-corrected chi connectivity index (χ0v) is 8.49. The van der Waals surface area contributed by atoms with Crippen LogP contribution in [-0.4, -0.2) is 20.2 Å². The zero-order valence-electron chi connectivity index (χ0n) is 8.49. The van der Waals surface area contributed by atoms with Crippen molar-refractivity contribution < 1.29 is 0 Å². The number of anilines is 1. The first-order valence-corrected chi connectivity index (χ1v) is 4.74. The Bertz CT molecular complexity index is 255. The summed E-state index contributed by atoms with van der Waals surface area (Å²) in [4.78, 5) is 0. The molecule has 0 atom stereocenters. The van der Waals surface area contributed by atoms with Crippen LogP contribution < -0.4 is 5.73 Å². The van der Waals surface area contributed by atoms with E-state index in [1.54, 1.807) is 4.68 Å². The lowest BCUT2D eigenvalue weighted by Gasteiger charge is -2.30. The molecule has 0 saturated heterocycles. The molecule has 74 valence electrons. The Morgan fingerprint density at radius 1 is 1.23 bits per heavy atom. The standard InChI is InChI=1S/C8H17N5/c1-4-8(5-2,6-3)13-7(9)10-11-12-13/h4-6H2,1-3H3,(H2,9,10,12). The molecular formula is C8H17N5. The van der Waals surface area contributed by atoms with Gasteiger partial charge in [0.2, 0.25) is 5.95 Å². The molecule has 0 aromatic carbocycles.